The van der Waals surface area contributed by atoms with Crippen LogP contribution in [0.15, 0.2) is 49.2 Å². The summed E-state index contributed by atoms with van der Waals surface area (Å²) >= 11 is 5.27. The molecular weight excluding hydrogens is 338 g/mol. The fourth-order valence-electron chi connectivity index (χ4n) is 1.78. The second kappa shape index (κ2) is 7.88. The highest BCUT2D eigenvalue weighted by Gasteiger charge is 2.08. The molecule has 0 bridgehead atoms. The van der Waals surface area contributed by atoms with E-state index < -0.39 is 0 Å². The van der Waals surface area contributed by atoms with Crippen LogP contribution in [0.2, 0.25) is 0 Å². The van der Waals surface area contributed by atoms with Crippen molar-refractivity contribution in [3.63, 3.8) is 0 Å². The van der Waals surface area contributed by atoms with Gasteiger partial charge in [0.15, 0.2) is 0 Å². The highest BCUT2D eigenvalue weighted by molar-refractivity contribution is 9.10. The zero-order chi connectivity index (χ0) is 14.4. The third kappa shape index (κ3) is 4.38. The minimum atomic E-state index is 0.720. The molecule has 1 heterocycles. The molecule has 0 spiro atoms. The number of methoxy groups -OCH3 is 1. The molecule has 0 amide bonds. The van der Waals surface area contributed by atoms with Crippen molar-refractivity contribution in [2.24, 2.45) is 0 Å². The van der Waals surface area contributed by atoms with Crippen LogP contribution in [0, 0.1) is 6.92 Å². The van der Waals surface area contributed by atoms with Gasteiger partial charge in [0.2, 0.25) is 0 Å². The van der Waals surface area contributed by atoms with E-state index in [0.717, 1.165) is 34.8 Å². The minimum absolute atomic E-state index is 0.720. The van der Waals surface area contributed by atoms with Gasteiger partial charge in [0.1, 0.15) is 5.76 Å². The Kier molecular flexibility index (Phi) is 6.16. The lowest BCUT2D eigenvalue weighted by atomic mass is 10.2. The highest BCUT2D eigenvalue weighted by Crippen LogP contribution is 2.34. The molecule has 0 unspecified atom stereocenters. The van der Waals surface area contributed by atoms with Crippen LogP contribution in [-0.2, 0) is 11.3 Å². The van der Waals surface area contributed by atoms with Crippen LogP contribution >= 0.6 is 27.7 Å². The fraction of sp³-hybridized carbons (Fsp3) is 0.333. The summed E-state index contributed by atoms with van der Waals surface area (Å²) in [4.78, 5) is 2.40. The number of nitrogens with one attached hydrogen (secondary N) is 1. The van der Waals surface area contributed by atoms with Crippen molar-refractivity contribution >= 4 is 27.7 Å². The maximum atomic E-state index is 5.35. The van der Waals surface area contributed by atoms with Gasteiger partial charge in [-0.05, 0) is 36.8 Å². The number of ether oxygens (including phenoxy) is 1. The molecule has 108 valence electrons. The molecular formula is C15H18BrNO2S. The van der Waals surface area contributed by atoms with E-state index in [-0.39, 0.29) is 0 Å². The van der Waals surface area contributed by atoms with Crippen LogP contribution in [0.3, 0.4) is 0 Å². The van der Waals surface area contributed by atoms with Gasteiger partial charge >= 0.3 is 0 Å². The summed E-state index contributed by atoms with van der Waals surface area (Å²) in [5, 5.41) is 3.38. The van der Waals surface area contributed by atoms with E-state index in [1.807, 2.05) is 13.0 Å². The van der Waals surface area contributed by atoms with Gasteiger partial charge in [0.05, 0.1) is 17.8 Å². The topological polar surface area (TPSA) is 34.4 Å². The summed E-state index contributed by atoms with van der Waals surface area (Å²) in [7, 11) is 1.71. The van der Waals surface area contributed by atoms with Crippen molar-refractivity contribution in [2.75, 3.05) is 20.3 Å². The van der Waals surface area contributed by atoms with Crippen LogP contribution in [0.1, 0.15) is 11.3 Å². The predicted octanol–water partition coefficient (Wildman–Crippen LogP) is 4.24. The quantitative estimate of drug-likeness (QED) is 0.753. The van der Waals surface area contributed by atoms with Gasteiger partial charge in [-0.25, -0.2) is 0 Å². The van der Waals surface area contributed by atoms with Crippen molar-refractivity contribution in [1.82, 2.24) is 5.32 Å². The highest BCUT2D eigenvalue weighted by atomic mass is 79.9. The van der Waals surface area contributed by atoms with Crippen LogP contribution in [0.5, 0.6) is 0 Å². The van der Waals surface area contributed by atoms with Gasteiger partial charge in [-0.15, -0.1) is 0 Å². The summed E-state index contributed by atoms with van der Waals surface area (Å²) in [5.74, 6) is 0.955. The lowest BCUT2D eigenvalue weighted by Crippen LogP contribution is -2.18. The molecule has 0 aliphatic carbocycles. The molecule has 5 heteroatoms. The average Bonchev–Trinajstić information content (AvgIpc) is 2.83. The zero-order valence-electron chi connectivity index (χ0n) is 11.6. The molecule has 1 aromatic heterocycles. The van der Waals surface area contributed by atoms with E-state index in [9.17, 15) is 0 Å². The molecule has 20 heavy (non-hydrogen) atoms. The first-order valence-electron chi connectivity index (χ1n) is 6.40. The van der Waals surface area contributed by atoms with Gasteiger partial charge in [-0.3, -0.25) is 0 Å². The van der Waals surface area contributed by atoms with Crippen molar-refractivity contribution in [2.45, 2.75) is 23.3 Å². The van der Waals surface area contributed by atoms with Gasteiger partial charge in [0, 0.05) is 29.6 Å². The van der Waals surface area contributed by atoms with E-state index >= 15 is 0 Å². The monoisotopic (exact) mass is 355 g/mol. The lowest BCUT2D eigenvalue weighted by molar-refractivity contribution is 0.199. The number of rotatable bonds is 7. The number of hydrogen-bond acceptors (Lipinski definition) is 4. The normalized spacial score (nSPS) is 10.9. The van der Waals surface area contributed by atoms with Crippen LogP contribution < -0.4 is 5.32 Å². The number of furan rings is 1. The molecule has 0 radical (unpaired) electrons. The lowest BCUT2D eigenvalue weighted by Gasteiger charge is -2.10. The van der Waals surface area contributed by atoms with Crippen molar-refractivity contribution in [1.29, 1.82) is 0 Å². The Morgan fingerprint density at radius 1 is 1.30 bits per heavy atom. The average molecular weight is 356 g/mol. The second-order valence-electron chi connectivity index (χ2n) is 4.36. The molecule has 0 saturated carbocycles. The first kappa shape index (κ1) is 15.6. The van der Waals surface area contributed by atoms with Crippen molar-refractivity contribution in [3.8, 4) is 0 Å². The molecule has 0 saturated heterocycles. The van der Waals surface area contributed by atoms with Gasteiger partial charge in [-0.1, -0.05) is 27.7 Å². The fourth-order valence-corrected chi connectivity index (χ4v) is 3.14. The van der Waals surface area contributed by atoms with Gasteiger partial charge < -0.3 is 14.5 Å². The number of benzene rings is 1. The third-order valence-corrected chi connectivity index (χ3v) is 4.61. The SMILES string of the molecule is COCCNCc1cc(Br)ccc1Sc1ccoc1C. The summed E-state index contributed by atoms with van der Waals surface area (Å²) < 4.78 is 11.5. The van der Waals surface area contributed by atoms with E-state index in [0.29, 0.717) is 0 Å². The van der Waals surface area contributed by atoms with Crippen LogP contribution in [0.4, 0.5) is 0 Å². The summed E-state index contributed by atoms with van der Waals surface area (Å²) in [6, 6.07) is 8.35. The standard InChI is InChI=1S/C15H18BrNO2S/c1-11-14(5-7-19-11)20-15-4-3-13(16)9-12(15)10-17-6-8-18-2/h3-5,7,9,17H,6,8,10H2,1-2H3. The predicted molar refractivity (Wildman–Crippen MR) is 85.3 cm³/mol. The summed E-state index contributed by atoms with van der Waals surface area (Å²) in [6.45, 7) is 4.37. The summed E-state index contributed by atoms with van der Waals surface area (Å²) in [6.07, 6.45) is 1.73. The van der Waals surface area contributed by atoms with Gasteiger partial charge in [0.25, 0.3) is 0 Å². The maximum Gasteiger partial charge on any atom is 0.114 e. The first-order chi connectivity index (χ1) is 9.70. The maximum absolute atomic E-state index is 5.35. The molecule has 0 atom stereocenters. The largest absolute Gasteiger partial charge is 0.468 e. The van der Waals surface area contributed by atoms with E-state index in [1.54, 1.807) is 25.1 Å². The molecule has 2 aromatic rings. The Morgan fingerprint density at radius 3 is 2.85 bits per heavy atom. The Morgan fingerprint density at radius 2 is 2.15 bits per heavy atom. The molecule has 1 aromatic carbocycles. The van der Waals surface area contributed by atoms with Crippen LogP contribution in [-0.4, -0.2) is 20.3 Å². The van der Waals surface area contributed by atoms with E-state index in [2.05, 4.69) is 39.4 Å². The van der Waals surface area contributed by atoms with Crippen molar-refractivity contribution < 1.29 is 9.15 Å². The van der Waals surface area contributed by atoms with E-state index in [4.69, 9.17) is 9.15 Å². The zero-order valence-corrected chi connectivity index (χ0v) is 14.0. The molecule has 0 fully saturated rings. The van der Waals surface area contributed by atoms with Crippen molar-refractivity contribution in [3.05, 3.63) is 46.3 Å². The minimum Gasteiger partial charge on any atom is -0.468 e. The van der Waals surface area contributed by atoms with Crippen LogP contribution in [0.25, 0.3) is 0 Å². The number of halogens is 1. The molecule has 0 aliphatic heterocycles. The Hall–Kier alpha value is -0.750. The van der Waals surface area contributed by atoms with E-state index in [1.165, 1.54) is 10.5 Å². The Labute approximate surface area is 132 Å². The molecule has 0 aliphatic rings. The first-order valence-corrected chi connectivity index (χ1v) is 8.01. The molecule has 2 rings (SSSR count). The van der Waals surface area contributed by atoms with Gasteiger partial charge in [-0.2, -0.15) is 0 Å². The Bertz CT molecular complexity index is 557. The Balaban J connectivity index is 2.09. The molecule has 3 nitrogen and oxygen atoms in total. The number of aryl methyl sites for hydroxylation is 1. The molecule has 1 N–H and O–H groups in total. The third-order valence-electron chi connectivity index (χ3n) is 2.85. The second-order valence-corrected chi connectivity index (χ2v) is 6.36. The summed E-state index contributed by atoms with van der Waals surface area (Å²) in [5.41, 5.74) is 1.26. The number of hydrogen-bond donors (Lipinski definition) is 1. The smallest absolute Gasteiger partial charge is 0.114 e.